The fourth-order valence-electron chi connectivity index (χ4n) is 1.45. The average Bonchev–Trinajstić information content (AvgIpc) is 2.23. The first-order valence-corrected chi connectivity index (χ1v) is 6.16. The van der Waals surface area contributed by atoms with Crippen molar-refractivity contribution < 1.29 is 14.4 Å². The molecule has 0 heterocycles. The van der Waals surface area contributed by atoms with E-state index < -0.39 is 17.9 Å². The molecule has 0 unspecified atom stereocenters. The second-order valence-electron chi connectivity index (χ2n) is 4.70. The minimum Gasteiger partial charge on any atom is -0.370 e. The Morgan fingerprint density at radius 3 is 2.00 bits per heavy atom. The number of nitrogens with one attached hydrogen (secondary N) is 2. The topological polar surface area (TPSA) is 101 Å². The molecule has 0 aromatic heterocycles. The van der Waals surface area contributed by atoms with Crippen LogP contribution in [0.25, 0.3) is 0 Å². The summed E-state index contributed by atoms with van der Waals surface area (Å²) in [6, 6.07) is -0.554. The predicted molar refractivity (Wildman–Crippen MR) is 68.5 cm³/mol. The molecule has 4 N–H and O–H groups in total. The van der Waals surface area contributed by atoms with Gasteiger partial charge in [0.15, 0.2) is 0 Å². The van der Waals surface area contributed by atoms with Gasteiger partial charge in [0.05, 0.1) is 0 Å². The maximum Gasteiger partial charge on any atom is 0.242 e. The van der Waals surface area contributed by atoms with Crippen molar-refractivity contribution in [1.82, 2.24) is 10.6 Å². The van der Waals surface area contributed by atoms with Crippen LogP contribution in [-0.2, 0) is 14.4 Å². The van der Waals surface area contributed by atoms with Crippen LogP contribution in [0, 0.1) is 5.92 Å². The highest BCUT2D eigenvalue weighted by atomic mass is 16.2. The van der Waals surface area contributed by atoms with Crippen LogP contribution in [0.5, 0.6) is 0 Å². The van der Waals surface area contributed by atoms with Crippen molar-refractivity contribution in [2.75, 3.05) is 0 Å². The standard InChI is InChI=1S/C12H23N3O3/c1-5-9(12(18)14-7(2)3)15-11(17)8(4)6-10(13)16/h7-9H,5-6H2,1-4H3,(H2,13,16)(H,14,18)(H,15,17)/t8-,9-/m1/s1. The Bertz CT molecular complexity index is 316. The molecule has 0 radical (unpaired) electrons. The van der Waals surface area contributed by atoms with Gasteiger partial charge in [-0.05, 0) is 20.3 Å². The number of rotatable bonds is 7. The molecule has 6 heteroatoms. The lowest BCUT2D eigenvalue weighted by molar-refractivity contribution is -0.132. The molecular weight excluding hydrogens is 234 g/mol. The van der Waals surface area contributed by atoms with Crippen LogP contribution in [0.2, 0.25) is 0 Å². The van der Waals surface area contributed by atoms with E-state index in [0.29, 0.717) is 6.42 Å². The van der Waals surface area contributed by atoms with Gasteiger partial charge in [-0.15, -0.1) is 0 Å². The maximum atomic E-state index is 11.7. The zero-order chi connectivity index (χ0) is 14.3. The Morgan fingerprint density at radius 2 is 1.61 bits per heavy atom. The molecule has 0 fully saturated rings. The van der Waals surface area contributed by atoms with Gasteiger partial charge in [0.2, 0.25) is 17.7 Å². The molecule has 0 aliphatic rings. The third-order valence-corrected chi connectivity index (χ3v) is 2.43. The minimum atomic E-state index is -0.574. The van der Waals surface area contributed by atoms with Crippen molar-refractivity contribution in [1.29, 1.82) is 0 Å². The van der Waals surface area contributed by atoms with Gasteiger partial charge in [-0.3, -0.25) is 14.4 Å². The van der Waals surface area contributed by atoms with Crippen LogP contribution >= 0.6 is 0 Å². The normalized spacial score (nSPS) is 13.8. The fourth-order valence-corrected chi connectivity index (χ4v) is 1.45. The summed E-state index contributed by atoms with van der Waals surface area (Å²) >= 11 is 0. The first kappa shape index (κ1) is 16.4. The van der Waals surface area contributed by atoms with Crippen LogP contribution in [0.15, 0.2) is 0 Å². The zero-order valence-electron chi connectivity index (χ0n) is 11.4. The number of carbonyl (C=O) groups excluding carboxylic acids is 3. The quantitative estimate of drug-likeness (QED) is 0.594. The van der Waals surface area contributed by atoms with Crippen LogP contribution in [0.1, 0.15) is 40.5 Å². The summed E-state index contributed by atoms with van der Waals surface area (Å²) in [5, 5.41) is 5.35. The highest BCUT2D eigenvalue weighted by Crippen LogP contribution is 2.03. The molecule has 0 aliphatic heterocycles. The van der Waals surface area contributed by atoms with Crippen LogP contribution in [-0.4, -0.2) is 29.8 Å². The number of nitrogens with two attached hydrogens (primary N) is 1. The maximum absolute atomic E-state index is 11.7. The van der Waals surface area contributed by atoms with Gasteiger partial charge in [-0.25, -0.2) is 0 Å². The monoisotopic (exact) mass is 257 g/mol. The first-order valence-electron chi connectivity index (χ1n) is 6.16. The Kier molecular flexibility index (Phi) is 7.00. The van der Waals surface area contributed by atoms with Gasteiger partial charge in [-0.2, -0.15) is 0 Å². The van der Waals surface area contributed by atoms with E-state index in [1.54, 1.807) is 6.92 Å². The van der Waals surface area contributed by atoms with Crippen molar-refractivity contribution in [3.8, 4) is 0 Å². The third-order valence-electron chi connectivity index (χ3n) is 2.43. The molecular formula is C12H23N3O3. The molecule has 0 bridgehead atoms. The number of carbonyl (C=O) groups is 3. The molecule has 0 aliphatic carbocycles. The molecule has 104 valence electrons. The lowest BCUT2D eigenvalue weighted by atomic mass is 10.1. The van der Waals surface area contributed by atoms with Crippen molar-refractivity contribution in [2.45, 2.75) is 52.6 Å². The number of amides is 3. The molecule has 0 aromatic carbocycles. The summed E-state index contributed by atoms with van der Waals surface area (Å²) in [5.74, 6) is -1.60. The molecule has 0 aromatic rings. The third kappa shape index (κ3) is 6.22. The smallest absolute Gasteiger partial charge is 0.242 e. The van der Waals surface area contributed by atoms with Gasteiger partial charge in [0.1, 0.15) is 6.04 Å². The second kappa shape index (κ2) is 7.68. The van der Waals surface area contributed by atoms with E-state index in [-0.39, 0.29) is 24.3 Å². The van der Waals surface area contributed by atoms with Crippen molar-refractivity contribution in [3.63, 3.8) is 0 Å². The number of hydrogen-bond donors (Lipinski definition) is 3. The average molecular weight is 257 g/mol. The molecule has 2 atom stereocenters. The summed E-state index contributed by atoms with van der Waals surface area (Å²) in [6.07, 6.45) is 0.474. The second-order valence-corrected chi connectivity index (χ2v) is 4.70. The number of primary amides is 1. The summed E-state index contributed by atoms with van der Waals surface area (Å²) in [5.41, 5.74) is 5.02. The van der Waals surface area contributed by atoms with Gasteiger partial charge in [0, 0.05) is 18.4 Å². The Balaban J connectivity index is 4.40. The molecule has 0 saturated carbocycles. The van der Waals surface area contributed by atoms with Crippen molar-refractivity contribution >= 4 is 17.7 Å². The summed E-state index contributed by atoms with van der Waals surface area (Å²) < 4.78 is 0. The predicted octanol–water partition coefficient (Wildman–Crippen LogP) is -0.0827. The Morgan fingerprint density at radius 1 is 1.06 bits per heavy atom. The van der Waals surface area contributed by atoms with Crippen molar-refractivity contribution in [2.24, 2.45) is 11.7 Å². The molecule has 0 spiro atoms. The lowest BCUT2D eigenvalue weighted by Gasteiger charge is -2.20. The Labute approximate surface area is 108 Å². The van der Waals surface area contributed by atoms with Gasteiger partial charge < -0.3 is 16.4 Å². The molecule has 0 saturated heterocycles. The largest absolute Gasteiger partial charge is 0.370 e. The molecule has 3 amide bonds. The SMILES string of the molecule is CC[C@@H](NC(=O)[C@H](C)CC(N)=O)C(=O)NC(C)C. The summed E-state index contributed by atoms with van der Waals surface area (Å²) in [4.78, 5) is 34.2. The Hall–Kier alpha value is -1.59. The van der Waals surface area contributed by atoms with E-state index >= 15 is 0 Å². The van der Waals surface area contributed by atoms with E-state index in [9.17, 15) is 14.4 Å². The molecule has 18 heavy (non-hydrogen) atoms. The highest BCUT2D eigenvalue weighted by molar-refractivity contribution is 5.90. The number of hydrogen-bond acceptors (Lipinski definition) is 3. The van der Waals surface area contributed by atoms with E-state index in [1.807, 2.05) is 20.8 Å². The van der Waals surface area contributed by atoms with Crippen LogP contribution < -0.4 is 16.4 Å². The molecule has 0 rings (SSSR count). The summed E-state index contributed by atoms with van der Waals surface area (Å²) in [6.45, 7) is 7.11. The van der Waals surface area contributed by atoms with Crippen molar-refractivity contribution in [3.05, 3.63) is 0 Å². The molecule has 6 nitrogen and oxygen atoms in total. The van der Waals surface area contributed by atoms with Gasteiger partial charge in [-0.1, -0.05) is 13.8 Å². The van der Waals surface area contributed by atoms with E-state index in [0.717, 1.165) is 0 Å². The lowest BCUT2D eigenvalue weighted by Crippen LogP contribution is -2.49. The highest BCUT2D eigenvalue weighted by Gasteiger charge is 2.23. The van der Waals surface area contributed by atoms with E-state index in [1.165, 1.54) is 0 Å². The fraction of sp³-hybridized carbons (Fsp3) is 0.750. The van der Waals surface area contributed by atoms with Gasteiger partial charge in [0.25, 0.3) is 0 Å². The van der Waals surface area contributed by atoms with E-state index in [4.69, 9.17) is 5.73 Å². The zero-order valence-corrected chi connectivity index (χ0v) is 11.4. The van der Waals surface area contributed by atoms with Gasteiger partial charge >= 0.3 is 0 Å². The first-order chi connectivity index (χ1) is 8.27. The van der Waals surface area contributed by atoms with E-state index in [2.05, 4.69) is 10.6 Å². The van der Waals surface area contributed by atoms with Crippen LogP contribution in [0.4, 0.5) is 0 Å². The van der Waals surface area contributed by atoms with Crippen LogP contribution in [0.3, 0.4) is 0 Å². The summed E-state index contributed by atoms with van der Waals surface area (Å²) in [7, 11) is 0. The minimum absolute atomic E-state index is 0.0198.